The van der Waals surface area contributed by atoms with E-state index in [-0.39, 0.29) is 22.9 Å². The standard InChI is InChI=1S/C24H17N5O4S/c30-20(25-15-6-2-1-3-7-15)14-34-24-27-21-18-8-4-5-9-19(18)26-22(21)23(31)28(24)16-10-12-17(13-11-16)29(32)33/h1-13,26H,14H2,(H,25,30). The van der Waals surface area contributed by atoms with Crippen molar-refractivity contribution >= 4 is 51.0 Å². The Kier molecular flexibility index (Phi) is 5.56. The minimum atomic E-state index is -0.505. The topological polar surface area (TPSA) is 123 Å². The predicted molar refractivity (Wildman–Crippen MR) is 132 cm³/mol. The van der Waals surface area contributed by atoms with Crippen LogP contribution in [0.25, 0.3) is 27.6 Å². The summed E-state index contributed by atoms with van der Waals surface area (Å²) in [6, 6.07) is 22.1. The molecular weight excluding hydrogens is 454 g/mol. The number of nitro groups is 1. The van der Waals surface area contributed by atoms with E-state index in [1.807, 2.05) is 42.5 Å². The highest BCUT2D eigenvalue weighted by Gasteiger charge is 2.19. The molecule has 2 aromatic heterocycles. The Hall–Kier alpha value is -4.44. The fourth-order valence-electron chi connectivity index (χ4n) is 3.64. The van der Waals surface area contributed by atoms with Crippen molar-refractivity contribution in [1.82, 2.24) is 14.5 Å². The van der Waals surface area contributed by atoms with Gasteiger partial charge in [-0.25, -0.2) is 4.98 Å². The van der Waals surface area contributed by atoms with Gasteiger partial charge in [0.25, 0.3) is 11.2 Å². The quantitative estimate of drug-likeness (QED) is 0.163. The Morgan fingerprint density at radius 1 is 1.03 bits per heavy atom. The Labute approximate surface area is 196 Å². The summed E-state index contributed by atoms with van der Waals surface area (Å²) < 4.78 is 1.36. The number of aromatic amines is 1. The summed E-state index contributed by atoms with van der Waals surface area (Å²) in [4.78, 5) is 44.4. The molecule has 0 fully saturated rings. The number of anilines is 1. The summed E-state index contributed by atoms with van der Waals surface area (Å²) in [6.45, 7) is 0. The summed E-state index contributed by atoms with van der Waals surface area (Å²) in [7, 11) is 0. The lowest BCUT2D eigenvalue weighted by Gasteiger charge is -2.12. The molecule has 2 N–H and O–H groups in total. The predicted octanol–water partition coefficient (Wildman–Crippen LogP) is 4.51. The zero-order valence-electron chi connectivity index (χ0n) is 17.6. The maximum absolute atomic E-state index is 13.5. The Morgan fingerprint density at radius 3 is 2.47 bits per heavy atom. The maximum atomic E-state index is 13.5. The van der Waals surface area contributed by atoms with Gasteiger partial charge in [-0.2, -0.15) is 0 Å². The van der Waals surface area contributed by atoms with Crippen molar-refractivity contribution in [3.63, 3.8) is 0 Å². The molecule has 10 heteroatoms. The zero-order valence-corrected chi connectivity index (χ0v) is 18.4. The van der Waals surface area contributed by atoms with Crippen LogP contribution in [0, 0.1) is 10.1 Å². The smallest absolute Gasteiger partial charge is 0.283 e. The van der Waals surface area contributed by atoms with E-state index in [4.69, 9.17) is 4.98 Å². The molecule has 0 aliphatic heterocycles. The highest BCUT2D eigenvalue weighted by atomic mass is 32.2. The Bertz CT molecular complexity index is 1590. The van der Waals surface area contributed by atoms with Crippen LogP contribution in [-0.4, -0.2) is 31.1 Å². The van der Waals surface area contributed by atoms with E-state index < -0.39 is 4.92 Å². The number of non-ortho nitro benzene ring substituents is 1. The number of rotatable bonds is 6. The summed E-state index contributed by atoms with van der Waals surface area (Å²) in [5.74, 6) is -0.234. The van der Waals surface area contributed by atoms with Crippen LogP contribution in [0.5, 0.6) is 0 Å². The van der Waals surface area contributed by atoms with E-state index in [9.17, 15) is 19.7 Å². The number of nitrogens with zero attached hydrogens (tertiary/aromatic N) is 3. The van der Waals surface area contributed by atoms with E-state index >= 15 is 0 Å². The molecule has 0 saturated carbocycles. The fraction of sp³-hybridized carbons (Fsp3) is 0.0417. The molecule has 0 saturated heterocycles. The highest BCUT2D eigenvalue weighted by Crippen LogP contribution is 2.27. The third-order valence-electron chi connectivity index (χ3n) is 5.20. The summed E-state index contributed by atoms with van der Waals surface area (Å²) in [5.41, 5.74) is 2.22. The molecule has 1 amide bonds. The average molecular weight is 471 g/mol. The maximum Gasteiger partial charge on any atom is 0.283 e. The Morgan fingerprint density at radius 2 is 1.74 bits per heavy atom. The lowest BCUT2D eigenvalue weighted by molar-refractivity contribution is -0.384. The fourth-order valence-corrected chi connectivity index (χ4v) is 4.44. The average Bonchev–Trinajstić information content (AvgIpc) is 3.23. The van der Waals surface area contributed by atoms with Gasteiger partial charge in [0, 0.05) is 28.7 Å². The minimum absolute atomic E-state index is 0.0160. The molecule has 0 unspecified atom stereocenters. The number of amides is 1. The lowest BCUT2D eigenvalue weighted by Crippen LogP contribution is -2.23. The van der Waals surface area contributed by atoms with Crippen LogP contribution in [0.1, 0.15) is 0 Å². The van der Waals surface area contributed by atoms with Crippen molar-refractivity contribution < 1.29 is 9.72 Å². The molecule has 34 heavy (non-hydrogen) atoms. The molecule has 0 aliphatic carbocycles. The van der Waals surface area contributed by atoms with Crippen LogP contribution in [-0.2, 0) is 4.79 Å². The Balaban J connectivity index is 1.58. The number of nitro benzene ring substituents is 1. The van der Waals surface area contributed by atoms with Crippen molar-refractivity contribution in [3.05, 3.63) is 99.3 Å². The van der Waals surface area contributed by atoms with Gasteiger partial charge in [-0.05, 0) is 30.3 Å². The van der Waals surface area contributed by atoms with Crippen molar-refractivity contribution in [1.29, 1.82) is 0 Å². The minimum Gasteiger partial charge on any atom is -0.349 e. The van der Waals surface area contributed by atoms with Gasteiger partial charge in [0.2, 0.25) is 5.91 Å². The van der Waals surface area contributed by atoms with E-state index in [1.54, 1.807) is 12.1 Å². The third kappa shape index (κ3) is 4.02. The summed E-state index contributed by atoms with van der Waals surface area (Å²) >= 11 is 1.11. The van der Waals surface area contributed by atoms with Crippen LogP contribution in [0.4, 0.5) is 11.4 Å². The first-order valence-corrected chi connectivity index (χ1v) is 11.3. The van der Waals surface area contributed by atoms with Gasteiger partial charge in [0.05, 0.1) is 16.4 Å². The number of hydrogen-bond acceptors (Lipinski definition) is 6. The number of benzene rings is 3. The molecule has 0 bridgehead atoms. The van der Waals surface area contributed by atoms with Gasteiger partial charge in [-0.3, -0.25) is 24.3 Å². The third-order valence-corrected chi connectivity index (χ3v) is 6.14. The lowest BCUT2D eigenvalue weighted by atomic mass is 10.2. The molecule has 5 rings (SSSR count). The second-order valence-corrected chi connectivity index (χ2v) is 8.35. The van der Waals surface area contributed by atoms with Crippen LogP contribution >= 0.6 is 11.8 Å². The molecule has 9 nitrogen and oxygen atoms in total. The van der Waals surface area contributed by atoms with Gasteiger partial charge in [0.15, 0.2) is 5.16 Å². The van der Waals surface area contributed by atoms with Crippen LogP contribution < -0.4 is 10.9 Å². The first-order chi connectivity index (χ1) is 16.5. The van der Waals surface area contributed by atoms with Crippen molar-refractivity contribution in [2.45, 2.75) is 5.16 Å². The van der Waals surface area contributed by atoms with E-state index in [0.29, 0.717) is 27.6 Å². The molecule has 2 heterocycles. The number of fused-ring (bicyclic) bond motifs is 3. The number of carbonyl (C=O) groups excluding carboxylic acids is 1. The molecule has 0 atom stereocenters. The largest absolute Gasteiger partial charge is 0.349 e. The van der Waals surface area contributed by atoms with Gasteiger partial charge in [0.1, 0.15) is 11.0 Å². The van der Waals surface area contributed by atoms with E-state index in [1.165, 1.54) is 28.8 Å². The normalized spacial score (nSPS) is 11.1. The first kappa shape index (κ1) is 21.4. The summed E-state index contributed by atoms with van der Waals surface area (Å²) in [5, 5.41) is 15.0. The number of thioether (sulfide) groups is 1. The SMILES string of the molecule is O=C(CSc1nc2c([nH]c3ccccc32)c(=O)n1-c1ccc([N+](=O)[O-])cc1)Nc1ccccc1. The molecular formula is C24H17N5O4S. The molecule has 0 aliphatic rings. The number of H-pyrrole nitrogens is 1. The van der Waals surface area contributed by atoms with Gasteiger partial charge >= 0.3 is 0 Å². The van der Waals surface area contributed by atoms with Crippen LogP contribution in [0.3, 0.4) is 0 Å². The van der Waals surface area contributed by atoms with Gasteiger partial charge in [-0.15, -0.1) is 0 Å². The molecule has 0 radical (unpaired) electrons. The number of hydrogen-bond donors (Lipinski definition) is 2. The van der Waals surface area contributed by atoms with E-state index in [2.05, 4.69) is 10.3 Å². The van der Waals surface area contributed by atoms with Crippen molar-refractivity contribution in [2.75, 3.05) is 11.1 Å². The monoisotopic (exact) mass is 471 g/mol. The molecule has 5 aromatic rings. The zero-order chi connectivity index (χ0) is 23.7. The van der Waals surface area contributed by atoms with Gasteiger partial charge in [-0.1, -0.05) is 48.2 Å². The van der Waals surface area contributed by atoms with Crippen molar-refractivity contribution in [2.24, 2.45) is 0 Å². The first-order valence-electron chi connectivity index (χ1n) is 10.3. The highest BCUT2D eigenvalue weighted by molar-refractivity contribution is 7.99. The number of aromatic nitrogens is 3. The number of carbonyl (C=O) groups is 1. The molecule has 168 valence electrons. The molecule has 3 aromatic carbocycles. The molecule has 0 spiro atoms. The second kappa shape index (κ2) is 8.83. The van der Waals surface area contributed by atoms with Crippen LogP contribution in [0.2, 0.25) is 0 Å². The van der Waals surface area contributed by atoms with Crippen molar-refractivity contribution in [3.8, 4) is 5.69 Å². The number of para-hydroxylation sites is 2. The number of nitrogens with one attached hydrogen (secondary N) is 2. The van der Waals surface area contributed by atoms with E-state index in [0.717, 1.165) is 22.7 Å². The van der Waals surface area contributed by atoms with Gasteiger partial charge < -0.3 is 10.3 Å². The van der Waals surface area contributed by atoms with Crippen LogP contribution in [0.15, 0.2) is 88.8 Å². The second-order valence-electron chi connectivity index (χ2n) is 7.41. The summed E-state index contributed by atoms with van der Waals surface area (Å²) in [6.07, 6.45) is 0.